The van der Waals surface area contributed by atoms with Crippen LogP contribution in [0.5, 0.6) is 0 Å². The van der Waals surface area contributed by atoms with Gasteiger partial charge in [0, 0.05) is 19.0 Å². The minimum atomic E-state index is 0.239. The van der Waals surface area contributed by atoms with Crippen molar-refractivity contribution >= 4 is 5.91 Å². The van der Waals surface area contributed by atoms with Gasteiger partial charge in [-0.05, 0) is 47.1 Å². The van der Waals surface area contributed by atoms with E-state index in [0.717, 1.165) is 39.0 Å². The molecule has 0 aliphatic carbocycles. The second kappa shape index (κ2) is 6.08. The molecule has 0 aromatic heterocycles. The molecule has 1 aliphatic heterocycles. The van der Waals surface area contributed by atoms with Gasteiger partial charge in [-0.1, -0.05) is 0 Å². The highest BCUT2D eigenvalue weighted by Gasteiger charge is 2.22. The number of amides is 1. The van der Waals surface area contributed by atoms with E-state index in [-0.39, 0.29) is 11.8 Å². The zero-order valence-corrected chi connectivity index (χ0v) is 10.1. The number of piperidine rings is 1. The molecule has 4 heteroatoms. The molecule has 0 aromatic carbocycles. The average molecular weight is 213 g/mol. The van der Waals surface area contributed by atoms with Crippen LogP contribution in [0.3, 0.4) is 0 Å². The van der Waals surface area contributed by atoms with Crippen LogP contribution < -0.4 is 5.32 Å². The molecule has 1 aliphatic rings. The lowest BCUT2D eigenvalue weighted by Crippen LogP contribution is -2.40. The summed E-state index contributed by atoms with van der Waals surface area (Å²) in [6.45, 7) is 3.77. The second-order valence-electron chi connectivity index (χ2n) is 4.67. The molecule has 1 amide bonds. The van der Waals surface area contributed by atoms with Crippen LogP contribution in [0, 0.1) is 5.92 Å². The SMILES string of the molecule is CN(C)CCNC(=O)C1CCN(C)CC1. The van der Waals surface area contributed by atoms with E-state index in [1.54, 1.807) is 0 Å². The first-order chi connectivity index (χ1) is 7.09. The fraction of sp³-hybridized carbons (Fsp3) is 0.909. The predicted molar refractivity (Wildman–Crippen MR) is 61.8 cm³/mol. The van der Waals surface area contributed by atoms with E-state index in [1.807, 2.05) is 14.1 Å². The quantitative estimate of drug-likeness (QED) is 0.714. The molecule has 1 saturated heterocycles. The number of likely N-dealkylation sites (N-methyl/N-ethyl adjacent to an activating group) is 1. The Labute approximate surface area is 92.6 Å². The Hall–Kier alpha value is -0.610. The van der Waals surface area contributed by atoms with Gasteiger partial charge >= 0.3 is 0 Å². The molecule has 4 nitrogen and oxygen atoms in total. The van der Waals surface area contributed by atoms with E-state index in [4.69, 9.17) is 0 Å². The maximum atomic E-state index is 11.7. The number of nitrogens with zero attached hydrogens (tertiary/aromatic N) is 2. The van der Waals surface area contributed by atoms with Crippen LogP contribution in [-0.4, -0.2) is 63.0 Å². The Kier molecular flexibility index (Phi) is 5.05. The summed E-state index contributed by atoms with van der Waals surface area (Å²) in [5.74, 6) is 0.480. The van der Waals surface area contributed by atoms with E-state index in [0.29, 0.717) is 0 Å². The van der Waals surface area contributed by atoms with Gasteiger partial charge in [0.1, 0.15) is 0 Å². The summed E-state index contributed by atoms with van der Waals surface area (Å²) in [7, 11) is 6.14. The minimum absolute atomic E-state index is 0.239. The first-order valence-corrected chi connectivity index (χ1v) is 5.70. The number of hydrogen-bond acceptors (Lipinski definition) is 3. The maximum absolute atomic E-state index is 11.7. The normalized spacial score (nSPS) is 19.5. The third-order valence-electron chi connectivity index (χ3n) is 2.95. The van der Waals surface area contributed by atoms with Gasteiger partial charge in [0.25, 0.3) is 0 Å². The highest BCUT2D eigenvalue weighted by molar-refractivity contribution is 5.78. The van der Waals surface area contributed by atoms with Gasteiger partial charge in [-0.15, -0.1) is 0 Å². The number of carbonyl (C=O) groups excluding carboxylic acids is 1. The van der Waals surface area contributed by atoms with Crippen molar-refractivity contribution in [3.63, 3.8) is 0 Å². The molecule has 0 spiro atoms. The minimum Gasteiger partial charge on any atom is -0.355 e. The highest BCUT2D eigenvalue weighted by Crippen LogP contribution is 2.15. The third kappa shape index (κ3) is 4.62. The highest BCUT2D eigenvalue weighted by atomic mass is 16.1. The summed E-state index contributed by atoms with van der Waals surface area (Å²) in [6.07, 6.45) is 2.01. The number of nitrogens with one attached hydrogen (secondary N) is 1. The van der Waals surface area contributed by atoms with Crippen molar-refractivity contribution in [1.82, 2.24) is 15.1 Å². The van der Waals surface area contributed by atoms with Crippen molar-refractivity contribution in [1.29, 1.82) is 0 Å². The summed E-state index contributed by atoms with van der Waals surface area (Å²) in [4.78, 5) is 16.1. The van der Waals surface area contributed by atoms with Gasteiger partial charge in [0.05, 0.1) is 0 Å². The number of likely N-dealkylation sites (tertiary alicyclic amines) is 1. The van der Waals surface area contributed by atoms with Crippen molar-refractivity contribution in [3.05, 3.63) is 0 Å². The summed E-state index contributed by atoms with van der Waals surface area (Å²) in [5, 5.41) is 3.00. The van der Waals surface area contributed by atoms with Crippen molar-refractivity contribution < 1.29 is 4.79 Å². The lowest BCUT2D eigenvalue weighted by atomic mass is 9.96. The molecule has 0 bridgehead atoms. The molecule has 0 unspecified atom stereocenters. The zero-order valence-electron chi connectivity index (χ0n) is 10.1. The molecule has 1 heterocycles. The van der Waals surface area contributed by atoms with E-state index in [9.17, 15) is 4.79 Å². The number of carbonyl (C=O) groups is 1. The van der Waals surface area contributed by atoms with E-state index in [2.05, 4.69) is 22.2 Å². The Morgan fingerprint density at radius 1 is 1.40 bits per heavy atom. The lowest BCUT2D eigenvalue weighted by molar-refractivity contribution is -0.126. The van der Waals surface area contributed by atoms with E-state index in [1.165, 1.54) is 0 Å². The fourth-order valence-electron chi connectivity index (χ4n) is 1.82. The molecular formula is C11H23N3O. The number of rotatable bonds is 4. The average Bonchev–Trinajstić information content (AvgIpc) is 2.18. The van der Waals surface area contributed by atoms with Crippen molar-refractivity contribution in [2.45, 2.75) is 12.8 Å². The lowest BCUT2D eigenvalue weighted by Gasteiger charge is -2.28. The van der Waals surface area contributed by atoms with Crippen LogP contribution in [0.25, 0.3) is 0 Å². The summed E-state index contributed by atoms with van der Waals surface area (Å²) in [5.41, 5.74) is 0. The van der Waals surface area contributed by atoms with E-state index >= 15 is 0 Å². The Morgan fingerprint density at radius 3 is 2.53 bits per heavy atom. The molecule has 1 N–H and O–H groups in total. The smallest absolute Gasteiger partial charge is 0.223 e. The topological polar surface area (TPSA) is 35.6 Å². The van der Waals surface area contributed by atoms with Gasteiger partial charge < -0.3 is 15.1 Å². The predicted octanol–water partition coefficient (Wildman–Crippen LogP) is 0.00600. The van der Waals surface area contributed by atoms with Crippen LogP contribution in [0.2, 0.25) is 0 Å². The summed E-state index contributed by atoms with van der Waals surface area (Å²) >= 11 is 0. The van der Waals surface area contributed by atoms with Gasteiger partial charge in [0.15, 0.2) is 0 Å². The Morgan fingerprint density at radius 2 is 2.00 bits per heavy atom. The molecule has 0 atom stereocenters. The van der Waals surface area contributed by atoms with Crippen molar-refractivity contribution in [3.8, 4) is 0 Å². The first-order valence-electron chi connectivity index (χ1n) is 5.70. The van der Waals surface area contributed by atoms with Gasteiger partial charge in [0.2, 0.25) is 5.91 Å². The van der Waals surface area contributed by atoms with Crippen LogP contribution in [0.1, 0.15) is 12.8 Å². The third-order valence-corrected chi connectivity index (χ3v) is 2.95. The van der Waals surface area contributed by atoms with Crippen LogP contribution >= 0.6 is 0 Å². The molecule has 0 radical (unpaired) electrons. The number of hydrogen-bond donors (Lipinski definition) is 1. The largest absolute Gasteiger partial charge is 0.355 e. The molecule has 0 aromatic rings. The van der Waals surface area contributed by atoms with Crippen LogP contribution in [0.15, 0.2) is 0 Å². The molecule has 15 heavy (non-hydrogen) atoms. The summed E-state index contributed by atoms with van der Waals surface area (Å²) in [6, 6.07) is 0. The second-order valence-corrected chi connectivity index (χ2v) is 4.67. The van der Waals surface area contributed by atoms with Gasteiger partial charge in [-0.3, -0.25) is 4.79 Å². The van der Waals surface area contributed by atoms with Gasteiger partial charge in [-0.2, -0.15) is 0 Å². The fourth-order valence-corrected chi connectivity index (χ4v) is 1.82. The standard InChI is InChI=1S/C11H23N3O/c1-13(2)9-6-12-11(15)10-4-7-14(3)8-5-10/h10H,4-9H2,1-3H3,(H,12,15). The van der Waals surface area contributed by atoms with Crippen LogP contribution in [-0.2, 0) is 4.79 Å². The Bertz CT molecular complexity index is 198. The first kappa shape index (κ1) is 12.5. The van der Waals surface area contributed by atoms with Crippen molar-refractivity contribution in [2.75, 3.05) is 47.3 Å². The van der Waals surface area contributed by atoms with Crippen LogP contribution in [0.4, 0.5) is 0 Å². The molecule has 1 rings (SSSR count). The van der Waals surface area contributed by atoms with E-state index < -0.39 is 0 Å². The molecular weight excluding hydrogens is 190 g/mol. The molecule has 88 valence electrons. The van der Waals surface area contributed by atoms with Gasteiger partial charge in [-0.25, -0.2) is 0 Å². The molecule has 0 saturated carbocycles. The molecule has 1 fully saturated rings. The monoisotopic (exact) mass is 213 g/mol. The Balaban J connectivity index is 2.17. The maximum Gasteiger partial charge on any atom is 0.223 e. The van der Waals surface area contributed by atoms with Crippen molar-refractivity contribution in [2.24, 2.45) is 5.92 Å². The summed E-state index contributed by atoms with van der Waals surface area (Å²) < 4.78 is 0. The zero-order chi connectivity index (χ0) is 11.3.